The summed E-state index contributed by atoms with van der Waals surface area (Å²) in [5.41, 5.74) is 5.50. The molecule has 0 saturated carbocycles. The van der Waals surface area contributed by atoms with Crippen molar-refractivity contribution in [3.8, 4) is 0 Å². The van der Waals surface area contributed by atoms with E-state index in [1.807, 2.05) is 0 Å². The number of carbonyl (C=O) groups excluding carboxylic acids is 3. The van der Waals surface area contributed by atoms with Gasteiger partial charge in [-0.1, -0.05) is 142 Å². The van der Waals surface area contributed by atoms with E-state index in [9.17, 15) is 14.4 Å². The van der Waals surface area contributed by atoms with Crippen molar-refractivity contribution < 1.29 is 23.9 Å². The summed E-state index contributed by atoms with van der Waals surface area (Å²) in [6, 6.07) is -0.317. The van der Waals surface area contributed by atoms with Crippen LogP contribution in [0.4, 0.5) is 4.79 Å². The number of nitrogens with two attached hydrogens (primary N) is 1. The van der Waals surface area contributed by atoms with Gasteiger partial charge in [-0.25, -0.2) is 4.79 Å². The molecule has 0 fully saturated rings. The summed E-state index contributed by atoms with van der Waals surface area (Å²) in [7, 11) is 0. The second-order valence-corrected chi connectivity index (χ2v) is 14.7. The molecule has 10 nitrogen and oxygen atoms in total. The fourth-order valence-corrected chi connectivity index (χ4v) is 6.17. The number of ether oxygens (including phenoxy) is 2. The molecule has 0 aliphatic carbocycles. The minimum absolute atomic E-state index is 0.0480. The van der Waals surface area contributed by atoms with Crippen molar-refractivity contribution in [3.63, 3.8) is 0 Å². The number of nitrogens with one attached hydrogen (secondary N) is 4. The third-order valence-electron chi connectivity index (χ3n) is 9.52. The lowest BCUT2D eigenvalue weighted by molar-refractivity contribution is -0.158. The van der Waals surface area contributed by atoms with Crippen LogP contribution in [0.3, 0.4) is 0 Å². The zero-order valence-corrected chi connectivity index (χ0v) is 34.2. The van der Waals surface area contributed by atoms with Gasteiger partial charge in [0.15, 0.2) is 6.10 Å². The van der Waals surface area contributed by atoms with Gasteiger partial charge in [-0.15, -0.1) is 0 Å². The highest BCUT2D eigenvalue weighted by molar-refractivity contribution is 5.74. The smallest absolute Gasteiger partial charge is 0.314 e. The molecule has 0 rings (SSSR count). The van der Waals surface area contributed by atoms with E-state index < -0.39 is 6.10 Å². The van der Waals surface area contributed by atoms with E-state index in [2.05, 4.69) is 35.1 Å². The summed E-state index contributed by atoms with van der Waals surface area (Å²) in [4.78, 5) is 37.6. The second-order valence-electron chi connectivity index (χ2n) is 14.7. The first-order valence-electron chi connectivity index (χ1n) is 22.0. The Balaban J connectivity index is 4.32. The van der Waals surface area contributed by atoms with Crippen LogP contribution in [-0.4, -0.2) is 76.5 Å². The average Bonchev–Trinajstić information content (AvgIpc) is 3.14. The van der Waals surface area contributed by atoms with Gasteiger partial charge in [-0.05, 0) is 71.2 Å². The van der Waals surface area contributed by atoms with Crippen LogP contribution in [0.5, 0.6) is 0 Å². The van der Waals surface area contributed by atoms with E-state index in [1.165, 1.54) is 103 Å². The Morgan fingerprint density at radius 2 is 0.904 bits per heavy atom. The zero-order chi connectivity index (χ0) is 38.0. The largest absolute Gasteiger partial charge is 0.462 e. The Labute approximate surface area is 320 Å². The molecule has 0 aromatic carbocycles. The van der Waals surface area contributed by atoms with Crippen LogP contribution in [0, 0.1) is 0 Å². The van der Waals surface area contributed by atoms with E-state index in [4.69, 9.17) is 15.2 Å². The maximum Gasteiger partial charge on any atom is 0.314 e. The molecule has 1 unspecified atom stereocenters. The van der Waals surface area contributed by atoms with Gasteiger partial charge >= 0.3 is 18.0 Å². The lowest BCUT2D eigenvalue weighted by Gasteiger charge is -2.19. The van der Waals surface area contributed by atoms with Gasteiger partial charge < -0.3 is 36.5 Å². The summed E-state index contributed by atoms with van der Waals surface area (Å²) in [6.45, 7) is 9.58. The fraction of sp³-hybridized carbons (Fsp3) is 0.929. The van der Waals surface area contributed by atoms with Crippen molar-refractivity contribution in [3.05, 3.63) is 0 Å². The summed E-state index contributed by atoms with van der Waals surface area (Å²) in [5.74, 6) is -0.580. The highest BCUT2D eigenvalue weighted by Crippen LogP contribution is 2.14. The maximum absolute atomic E-state index is 12.7. The molecule has 308 valence electrons. The monoisotopic (exact) mass is 740 g/mol. The molecular formula is C42H85N5O5. The Morgan fingerprint density at radius 1 is 0.481 bits per heavy atom. The summed E-state index contributed by atoms with van der Waals surface area (Å²) < 4.78 is 11.2. The van der Waals surface area contributed by atoms with Crippen molar-refractivity contribution in [2.24, 2.45) is 5.73 Å². The number of unbranched alkanes of at least 4 members (excludes halogenated alkanes) is 21. The fourth-order valence-electron chi connectivity index (χ4n) is 6.17. The van der Waals surface area contributed by atoms with Gasteiger partial charge in [0.1, 0.15) is 6.61 Å². The Morgan fingerprint density at radius 3 is 1.38 bits per heavy atom. The van der Waals surface area contributed by atoms with Crippen molar-refractivity contribution in [2.45, 2.75) is 200 Å². The molecule has 2 amide bonds. The number of carbonyl (C=O) groups is 3. The number of rotatable bonds is 41. The van der Waals surface area contributed by atoms with E-state index in [1.54, 1.807) is 0 Å². The van der Waals surface area contributed by atoms with Crippen molar-refractivity contribution in [1.82, 2.24) is 21.3 Å². The molecule has 6 N–H and O–H groups in total. The molecule has 0 radical (unpaired) electrons. The van der Waals surface area contributed by atoms with Crippen LogP contribution >= 0.6 is 0 Å². The normalized spacial score (nSPS) is 11.8. The van der Waals surface area contributed by atoms with E-state index in [-0.39, 0.29) is 31.1 Å². The lowest BCUT2D eigenvalue weighted by atomic mass is 10.1. The Bertz CT molecular complexity index is 788. The summed E-state index contributed by atoms with van der Waals surface area (Å²) >= 11 is 0. The van der Waals surface area contributed by atoms with E-state index >= 15 is 0 Å². The van der Waals surface area contributed by atoms with Crippen molar-refractivity contribution in [1.29, 1.82) is 0 Å². The third kappa shape index (κ3) is 39.3. The SMILES string of the molecule is CCCCCCCCCCCCCC(=O)OCC(CNC(=O)NCCCNCCCCNCCCN)OC(=O)CCCCCCCCCCCCC. The van der Waals surface area contributed by atoms with Crippen molar-refractivity contribution >= 4 is 18.0 Å². The summed E-state index contributed by atoms with van der Waals surface area (Å²) in [6.07, 6.45) is 30.9. The molecule has 0 aromatic rings. The lowest BCUT2D eigenvalue weighted by Crippen LogP contribution is -2.43. The van der Waals surface area contributed by atoms with Crippen LogP contribution in [0.2, 0.25) is 0 Å². The van der Waals surface area contributed by atoms with Gasteiger partial charge in [-0.2, -0.15) is 0 Å². The first-order chi connectivity index (χ1) is 25.5. The van der Waals surface area contributed by atoms with Gasteiger partial charge in [-0.3, -0.25) is 9.59 Å². The van der Waals surface area contributed by atoms with Crippen molar-refractivity contribution in [2.75, 3.05) is 52.4 Å². The molecule has 0 heterocycles. The molecule has 0 bridgehead atoms. The second kappa shape index (κ2) is 41.8. The van der Waals surface area contributed by atoms with Crippen LogP contribution in [0.15, 0.2) is 0 Å². The quantitative estimate of drug-likeness (QED) is 0.0309. The van der Waals surface area contributed by atoms with Gasteiger partial charge in [0.05, 0.1) is 6.54 Å². The zero-order valence-electron chi connectivity index (χ0n) is 34.2. The van der Waals surface area contributed by atoms with Gasteiger partial charge in [0.2, 0.25) is 0 Å². The molecule has 0 aromatic heterocycles. The first-order valence-corrected chi connectivity index (χ1v) is 22.0. The van der Waals surface area contributed by atoms with Crippen LogP contribution in [0.1, 0.15) is 194 Å². The van der Waals surface area contributed by atoms with Crippen LogP contribution in [0.25, 0.3) is 0 Å². The van der Waals surface area contributed by atoms with Crippen LogP contribution in [-0.2, 0) is 19.1 Å². The topological polar surface area (TPSA) is 144 Å². The number of esters is 2. The predicted molar refractivity (Wildman–Crippen MR) is 218 cm³/mol. The highest BCUT2D eigenvalue weighted by Gasteiger charge is 2.18. The number of amides is 2. The number of hydrogen-bond donors (Lipinski definition) is 5. The standard InChI is InChI=1S/C42H85N5O5/c1-3-5-7-9-11-13-15-17-19-21-23-29-40(48)51-38-39(52-41(49)30-24-22-20-18-16-14-12-10-8-6-4-2)37-47-42(50)46-36-28-35-45-33-26-25-32-44-34-27-31-43/h39,44-45H,3-38,43H2,1-2H3,(H2,46,47,50). The van der Waals surface area contributed by atoms with Gasteiger partial charge in [0.25, 0.3) is 0 Å². The molecule has 0 aliphatic rings. The Kier molecular flexibility index (Phi) is 40.3. The highest BCUT2D eigenvalue weighted by atomic mass is 16.6. The minimum Gasteiger partial charge on any atom is -0.462 e. The van der Waals surface area contributed by atoms with Crippen LogP contribution < -0.4 is 27.0 Å². The molecule has 0 spiro atoms. The molecular weight excluding hydrogens is 654 g/mol. The average molecular weight is 740 g/mol. The number of hydrogen-bond acceptors (Lipinski definition) is 8. The molecule has 0 saturated heterocycles. The van der Waals surface area contributed by atoms with Gasteiger partial charge in [0, 0.05) is 19.4 Å². The number of urea groups is 1. The molecule has 52 heavy (non-hydrogen) atoms. The Hall–Kier alpha value is -1.91. The minimum atomic E-state index is -0.710. The van der Waals surface area contributed by atoms with E-state index in [0.717, 1.165) is 96.9 Å². The maximum atomic E-state index is 12.7. The van der Waals surface area contributed by atoms with E-state index in [0.29, 0.717) is 19.4 Å². The molecule has 0 aliphatic heterocycles. The first kappa shape index (κ1) is 50.1. The predicted octanol–water partition coefficient (Wildman–Crippen LogP) is 8.84. The summed E-state index contributed by atoms with van der Waals surface area (Å²) in [5, 5.41) is 12.5. The molecule has 10 heteroatoms. The third-order valence-corrected chi connectivity index (χ3v) is 9.52. The molecule has 1 atom stereocenters.